The Morgan fingerprint density at radius 1 is 1.41 bits per heavy atom. The lowest BCUT2D eigenvalue weighted by Crippen LogP contribution is -2.43. The van der Waals surface area contributed by atoms with Gasteiger partial charge in [-0.25, -0.2) is 15.0 Å². The van der Waals surface area contributed by atoms with Crippen molar-refractivity contribution in [3.8, 4) is 6.07 Å². The largest absolute Gasteiger partial charge is 0.365 e. The molecule has 0 spiro atoms. The Labute approximate surface area is 137 Å². The van der Waals surface area contributed by atoms with Gasteiger partial charge in [0.1, 0.15) is 24.0 Å². The van der Waals surface area contributed by atoms with E-state index in [0.717, 1.165) is 42.0 Å². The maximum absolute atomic E-state index is 9.30. The van der Waals surface area contributed by atoms with Crippen LogP contribution in [-0.4, -0.2) is 34.1 Å². The Balaban J connectivity index is 1.75. The van der Waals surface area contributed by atoms with Gasteiger partial charge in [-0.3, -0.25) is 0 Å². The minimum Gasteiger partial charge on any atom is -0.365 e. The van der Waals surface area contributed by atoms with Crippen molar-refractivity contribution in [2.45, 2.75) is 18.9 Å². The van der Waals surface area contributed by atoms with Gasteiger partial charge in [-0.1, -0.05) is 0 Å². The second-order valence-electron chi connectivity index (χ2n) is 5.16. The van der Waals surface area contributed by atoms with Crippen LogP contribution in [0.15, 0.2) is 35.3 Å². The van der Waals surface area contributed by atoms with E-state index in [9.17, 15) is 5.26 Å². The number of pyridine rings is 1. The van der Waals surface area contributed by atoms with Crippen molar-refractivity contribution >= 4 is 27.6 Å². The lowest BCUT2D eigenvalue weighted by atomic mass is 10.1. The summed E-state index contributed by atoms with van der Waals surface area (Å²) in [7, 11) is 0. The molecule has 2 aromatic rings. The molecule has 1 aliphatic heterocycles. The molecule has 2 aromatic heterocycles. The van der Waals surface area contributed by atoms with Crippen LogP contribution in [-0.2, 0) is 0 Å². The van der Waals surface area contributed by atoms with E-state index in [1.807, 2.05) is 12.1 Å². The van der Waals surface area contributed by atoms with Crippen LogP contribution in [0.4, 0.5) is 11.6 Å². The molecule has 0 aromatic carbocycles. The molecule has 1 saturated heterocycles. The van der Waals surface area contributed by atoms with Crippen LogP contribution in [0, 0.1) is 11.3 Å². The molecule has 6 nitrogen and oxygen atoms in total. The molecule has 3 rings (SSSR count). The molecule has 7 heteroatoms. The van der Waals surface area contributed by atoms with Crippen molar-refractivity contribution in [2.24, 2.45) is 0 Å². The SMILES string of the molecule is N#Cc1cc(Br)cnc1N1CCCC(Nc2ccncn2)C1. The minimum atomic E-state index is 0.278. The summed E-state index contributed by atoms with van der Waals surface area (Å²) in [6.45, 7) is 1.71. The summed E-state index contributed by atoms with van der Waals surface area (Å²) in [5.41, 5.74) is 0.595. The zero-order valence-electron chi connectivity index (χ0n) is 11.9. The Morgan fingerprint density at radius 3 is 3.09 bits per heavy atom. The van der Waals surface area contributed by atoms with Gasteiger partial charge in [0.15, 0.2) is 0 Å². The molecule has 0 radical (unpaired) electrons. The van der Waals surface area contributed by atoms with Crippen molar-refractivity contribution in [1.82, 2.24) is 15.0 Å². The van der Waals surface area contributed by atoms with Gasteiger partial charge < -0.3 is 10.2 Å². The van der Waals surface area contributed by atoms with Gasteiger partial charge in [0, 0.05) is 36.0 Å². The third-order valence-electron chi connectivity index (χ3n) is 3.61. The zero-order chi connectivity index (χ0) is 15.4. The quantitative estimate of drug-likeness (QED) is 0.908. The van der Waals surface area contributed by atoms with Crippen LogP contribution < -0.4 is 10.2 Å². The summed E-state index contributed by atoms with van der Waals surface area (Å²) in [4.78, 5) is 14.7. The second kappa shape index (κ2) is 6.71. The van der Waals surface area contributed by atoms with E-state index in [1.54, 1.807) is 12.4 Å². The summed E-state index contributed by atoms with van der Waals surface area (Å²) < 4.78 is 0.820. The van der Waals surface area contributed by atoms with Crippen LogP contribution >= 0.6 is 15.9 Å². The molecule has 0 saturated carbocycles. The molecule has 112 valence electrons. The maximum Gasteiger partial charge on any atom is 0.146 e. The van der Waals surface area contributed by atoms with E-state index >= 15 is 0 Å². The molecular formula is C15H15BrN6. The molecule has 1 atom stereocenters. The highest BCUT2D eigenvalue weighted by molar-refractivity contribution is 9.10. The number of nitriles is 1. The smallest absolute Gasteiger partial charge is 0.146 e. The van der Waals surface area contributed by atoms with Crippen LogP contribution in [0.1, 0.15) is 18.4 Å². The fraction of sp³-hybridized carbons (Fsp3) is 0.333. The number of halogens is 1. The summed E-state index contributed by atoms with van der Waals surface area (Å²) in [5, 5.41) is 12.7. The number of hydrogen-bond acceptors (Lipinski definition) is 6. The lowest BCUT2D eigenvalue weighted by Gasteiger charge is -2.34. The van der Waals surface area contributed by atoms with Crippen LogP contribution in [0.2, 0.25) is 0 Å². The topological polar surface area (TPSA) is 77.7 Å². The van der Waals surface area contributed by atoms with Gasteiger partial charge in [0.25, 0.3) is 0 Å². The first-order valence-corrected chi connectivity index (χ1v) is 7.88. The molecule has 1 aliphatic rings. The van der Waals surface area contributed by atoms with E-state index in [2.05, 4.69) is 47.2 Å². The molecule has 1 fully saturated rings. The predicted octanol–water partition coefficient (Wildman–Crippen LogP) is 2.59. The fourth-order valence-corrected chi connectivity index (χ4v) is 2.97. The van der Waals surface area contributed by atoms with E-state index in [-0.39, 0.29) is 6.04 Å². The number of piperidine rings is 1. The number of hydrogen-bond donors (Lipinski definition) is 1. The first kappa shape index (κ1) is 14.7. The Kier molecular flexibility index (Phi) is 4.49. The normalized spacial score (nSPS) is 17.8. The van der Waals surface area contributed by atoms with Crippen LogP contribution in [0.25, 0.3) is 0 Å². The number of aromatic nitrogens is 3. The Bertz CT molecular complexity index is 684. The highest BCUT2D eigenvalue weighted by Gasteiger charge is 2.23. The first-order chi connectivity index (χ1) is 10.8. The monoisotopic (exact) mass is 358 g/mol. The molecule has 1 N–H and O–H groups in total. The highest BCUT2D eigenvalue weighted by atomic mass is 79.9. The molecular weight excluding hydrogens is 344 g/mol. The Morgan fingerprint density at radius 2 is 2.32 bits per heavy atom. The van der Waals surface area contributed by atoms with E-state index in [4.69, 9.17) is 0 Å². The Hall–Kier alpha value is -2.20. The number of rotatable bonds is 3. The van der Waals surface area contributed by atoms with Crippen LogP contribution in [0.3, 0.4) is 0 Å². The molecule has 3 heterocycles. The van der Waals surface area contributed by atoms with Gasteiger partial charge in [-0.15, -0.1) is 0 Å². The van der Waals surface area contributed by atoms with E-state index in [1.165, 1.54) is 6.33 Å². The standard InChI is InChI=1S/C15H15BrN6/c16-12-6-11(7-17)15(19-8-12)22-5-1-2-13(9-22)21-14-3-4-18-10-20-14/h3-4,6,8,10,13H,1-2,5,9H2,(H,18,20,21). The molecule has 22 heavy (non-hydrogen) atoms. The minimum absolute atomic E-state index is 0.278. The average Bonchev–Trinajstić information content (AvgIpc) is 2.56. The molecule has 0 amide bonds. The van der Waals surface area contributed by atoms with Gasteiger partial charge in [0.2, 0.25) is 0 Å². The third-order valence-corrected chi connectivity index (χ3v) is 4.04. The van der Waals surface area contributed by atoms with Gasteiger partial charge in [-0.2, -0.15) is 5.26 Å². The zero-order valence-corrected chi connectivity index (χ0v) is 13.5. The van der Waals surface area contributed by atoms with Crippen molar-refractivity contribution in [3.63, 3.8) is 0 Å². The lowest BCUT2D eigenvalue weighted by molar-refractivity contribution is 0.525. The van der Waals surface area contributed by atoms with Gasteiger partial charge >= 0.3 is 0 Å². The predicted molar refractivity (Wildman–Crippen MR) is 87.5 cm³/mol. The summed E-state index contributed by atoms with van der Waals surface area (Å²) in [5.74, 6) is 1.58. The number of nitrogens with zero attached hydrogens (tertiary/aromatic N) is 5. The van der Waals surface area contributed by atoms with Gasteiger partial charge in [-0.05, 0) is 40.9 Å². The maximum atomic E-state index is 9.30. The van der Waals surface area contributed by atoms with Crippen LogP contribution in [0.5, 0.6) is 0 Å². The summed E-state index contributed by atoms with van der Waals surface area (Å²) in [6.07, 6.45) is 7.11. The molecule has 0 bridgehead atoms. The second-order valence-corrected chi connectivity index (χ2v) is 6.08. The average molecular weight is 359 g/mol. The molecule has 0 aliphatic carbocycles. The highest BCUT2D eigenvalue weighted by Crippen LogP contribution is 2.24. The number of nitrogens with one attached hydrogen (secondary N) is 1. The van der Waals surface area contributed by atoms with Crippen molar-refractivity contribution in [2.75, 3.05) is 23.3 Å². The van der Waals surface area contributed by atoms with E-state index < -0.39 is 0 Å². The van der Waals surface area contributed by atoms with Gasteiger partial charge in [0.05, 0.1) is 5.56 Å². The first-order valence-electron chi connectivity index (χ1n) is 7.09. The molecule has 1 unspecified atom stereocenters. The number of anilines is 2. The third kappa shape index (κ3) is 3.34. The van der Waals surface area contributed by atoms with Crippen molar-refractivity contribution in [1.29, 1.82) is 5.26 Å². The fourth-order valence-electron chi connectivity index (χ4n) is 2.64. The van der Waals surface area contributed by atoms with Crippen molar-refractivity contribution in [3.05, 3.63) is 40.9 Å². The summed E-state index contributed by atoms with van der Waals surface area (Å²) >= 11 is 3.36. The van der Waals surface area contributed by atoms with Crippen molar-refractivity contribution < 1.29 is 0 Å². The van der Waals surface area contributed by atoms with E-state index in [0.29, 0.717) is 5.56 Å². The summed E-state index contributed by atoms with van der Waals surface area (Å²) in [6, 6.07) is 6.17.